The Kier molecular flexibility index (Phi) is 5.94. The third kappa shape index (κ3) is 3.77. The molecule has 6 heteroatoms. The minimum Gasteiger partial charge on any atom is -0.499 e. The summed E-state index contributed by atoms with van der Waals surface area (Å²) >= 11 is 0. The zero-order valence-corrected chi connectivity index (χ0v) is 16.6. The first kappa shape index (κ1) is 19.9. The normalized spacial score (nSPS) is 31.8. The molecule has 0 bridgehead atoms. The fraction of sp³-hybridized carbons (Fsp3) is 0.714. The average molecular weight is 377 g/mol. The van der Waals surface area contributed by atoms with E-state index in [0.29, 0.717) is 5.92 Å². The van der Waals surface area contributed by atoms with Crippen molar-refractivity contribution >= 4 is 11.8 Å². The van der Waals surface area contributed by atoms with Crippen molar-refractivity contribution in [1.82, 2.24) is 4.90 Å². The van der Waals surface area contributed by atoms with Gasteiger partial charge in [0.1, 0.15) is 12.2 Å². The Hall–Kier alpha value is -1.82. The predicted molar refractivity (Wildman–Crippen MR) is 100 cm³/mol. The predicted octanol–water partition coefficient (Wildman–Crippen LogP) is 3.27. The fourth-order valence-corrected chi connectivity index (χ4v) is 4.63. The van der Waals surface area contributed by atoms with Crippen molar-refractivity contribution in [3.8, 4) is 0 Å². The smallest absolute Gasteiger partial charge is 0.310 e. The number of hydrogen-bond acceptors (Lipinski definition) is 6. The fourth-order valence-electron chi connectivity index (χ4n) is 4.63. The van der Waals surface area contributed by atoms with Crippen LogP contribution in [0.2, 0.25) is 0 Å². The Balaban J connectivity index is 2.01. The van der Waals surface area contributed by atoms with Crippen LogP contribution in [0.1, 0.15) is 64.7 Å². The second-order valence-corrected chi connectivity index (χ2v) is 8.08. The summed E-state index contributed by atoms with van der Waals surface area (Å²) in [6.07, 6.45) is 8.84. The zero-order chi connectivity index (χ0) is 19.6. The lowest BCUT2D eigenvalue weighted by atomic mass is 9.81. The molecule has 6 nitrogen and oxygen atoms in total. The lowest BCUT2D eigenvalue weighted by Gasteiger charge is -2.42. The molecule has 1 heterocycles. The number of esters is 1. The molecule has 3 rings (SSSR count). The standard InChI is InChI=1S/C21H31NO5/c1-14-8-10-15(11-9-14)17-12-19(23)21(25,13-20(24)27-3)22(17)16-6-4-5-7-18(16)26-2/h12,14-15,25H,4-11,13H2,1-3H3. The zero-order valence-electron chi connectivity index (χ0n) is 16.6. The Morgan fingerprint density at radius 2 is 1.89 bits per heavy atom. The number of nitrogens with zero attached hydrogens (tertiary/aromatic N) is 1. The molecule has 1 fully saturated rings. The second kappa shape index (κ2) is 8.05. The van der Waals surface area contributed by atoms with Crippen molar-refractivity contribution in [3.63, 3.8) is 0 Å². The van der Waals surface area contributed by atoms with Crippen LogP contribution in [0.25, 0.3) is 0 Å². The van der Waals surface area contributed by atoms with Gasteiger partial charge in [-0.25, -0.2) is 0 Å². The lowest BCUT2D eigenvalue weighted by Crippen LogP contribution is -2.51. The van der Waals surface area contributed by atoms with Crippen LogP contribution in [0.15, 0.2) is 23.2 Å². The summed E-state index contributed by atoms with van der Waals surface area (Å²) in [6.45, 7) is 2.25. The topological polar surface area (TPSA) is 76.1 Å². The minimum atomic E-state index is -1.91. The molecule has 3 aliphatic rings. The molecule has 1 aliphatic heterocycles. The lowest BCUT2D eigenvalue weighted by molar-refractivity contribution is -0.161. The summed E-state index contributed by atoms with van der Waals surface area (Å²) in [5.74, 6) is 0.664. The van der Waals surface area contributed by atoms with Crippen LogP contribution in [0.5, 0.6) is 0 Å². The highest BCUT2D eigenvalue weighted by molar-refractivity contribution is 6.02. The van der Waals surface area contributed by atoms with Gasteiger partial charge in [-0.3, -0.25) is 9.59 Å². The summed E-state index contributed by atoms with van der Waals surface area (Å²) < 4.78 is 10.4. The number of ketones is 1. The van der Waals surface area contributed by atoms with Gasteiger partial charge >= 0.3 is 5.97 Å². The summed E-state index contributed by atoms with van der Waals surface area (Å²) in [4.78, 5) is 26.6. The summed E-state index contributed by atoms with van der Waals surface area (Å²) in [6, 6.07) is 0. The Morgan fingerprint density at radius 3 is 2.52 bits per heavy atom. The van der Waals surface area contributed by atoms with Gasteiger partial charge in [0, 0.05) is 18.2 Å². The van der Waals surface area contributed by atoms with Gasteiger partial charge < -0.3 is 19.5 Å². The molecule has 0 aromatic heterocycles. The van der Waals surface area contributed by atoms with Crippen LogP contribution in [0.4, 0.5) is 0 Å². The van der Waals surface area contributed by atoms with Gasteiger partial charge in [0.2, 0.25) is 11.5 Å². The number of allylic oxidation sites excluding steroid dienone is 3. The van der Waals surface area contributed by atoms with E-state index in [2.05, 4.69) is 6.92 Å². The molecule has 0 spiro atoms. The first-order valence-electron chi connectivity index (χ1n) is 10.0. The van der Waals surface area contributed by atoms with Gasteiger partial charge in [-0.05, 0) is 43.9 Å². The first-order chi connectivity index (χ1) is 12.9. The van der Waals surface area contributed by atoms with Crippen molar-refractivity contribution in [2.24, 2.45) is 11.8 Å². The van der Waals surface area contributed by atoms with Crippen molar-refractivity contribution in [3.05, 3.63) is 23.2 Å². The van der Waals surface area contributed by atoms with Gasteiger partial charge in [0.15, 0.2) is 0 Å². The molecule has 2 aliphatic carbocycles. The van der Waals surface area contributed by atoms with E-state index in [1.807, 2.05) is 0 Å². The molecular formula is C21H31NO5. The maximum atomic E-state index is 12.9. The third-order valence-electron chi connectivity index (χ3n) is 6.26. The summed E-state index contributed by atoms with van der Waals surface area (Å²) in [5, 5.41) is 11.4. The Labute approximate surface area is 161 Å². The maximum Gasteiger partial charge on any atom is 0.310 e. The Bertz CT molecular complexity index is 659. The molecular weight excluding hydrogens is 346 g/mol. The number of aliphatic hydroxyl groups is 1. The molecule has 0 aromatic rings. The van der Waals surface area contributed by atoms with E-state index in [1.165, 1.54) is 7.11 Å². The monoisotopic (exact) mass is 377 g/mol. The average Bonchev–Trinajstić information content (AvgIpc) is 2.92. The van der Waals surface area contributed by atoms with E-state index in [-0.39, 0.29) is 12.3 Å². The summed E-state index contributed by atoms with van der Waals surface area (Å²) in [7, 11) is 2.90. The molecule has 1 unspecified atom stereocenters. The van der Waals surface area contributed by atoms with E-state index in [0.717, 1.165) is 68.5 Å². The van der Waals surface area contributed by atoms with Crippen molar-refractivity contribution < 1.29 is 24.2 Å². The molecule has 0 aromatic carbocycles. The van der Waals surface area contributed by atoms with Crippen molar-refractivity contribution in [1.29, 1.82) is 0 Å². The molecule has 1 saturated carbocycles. The van der Waals surface area contributed by atoms with Crippen LogP contribution in [0, 0.1) is 11.8 Å². The largest absolute Gasteiger partial charge is 0.499 e. The van der Waals surface area contributed by atoms with Gasteiger partial charge in [-0.1, -0.05) is 19.8 Å². The number of hydrogen-bond donors (Lipinski definition) is 1. The molecule has 0 radical (unpaired) electrons. The highest BCUT2D eigenvalue weighted by Crippen LogP contribution is 2.46. The van der Waals surface area contributed by atoms with E-state index in [4.69, 9.17) is 9.47 Å². The van der Waals surface area contributed by atoms with Gasteiger partial charge in [0.25, 0.3) is 0 Å². The molecule has 0 amide bonds. The SMILES string of the molecule is COC(=O)CC1(O)C(=O)C=C(C2CCC(C)CC2)N1C1=C(OC)CCCC1. The third-order valence-corrected chi connectivity index (χ3v) is 6.26. The molecule has 1 N–H and O–H groups in total. The highest BCUT2D eigenvalue weighted by atomic mass is 16.5. The minimum absolute atomic E-state index is 0.212. The van der Waals surface area contributed by atoms with Gasteiger partial charge in [-0.15, -0.1) is 0 Å². The number of rotatable bonds is 5. The molecule has 0 saturated heterocycles. The quantitative estimate of drug-likeness (QED) is 0.741. The number of ether oxygens (including phenoxy) is 2. The van der Waals surface area contributed by atoms with Crippen molar-refractivity contribution in [2.45, 2.75) is 70.4 Å². The van der Waals surface area contributed by atoms with Crippen LogP contribution < -0.4 is 0 Å². The summed E-state index contributed by atoms with van der Waals surface area (Å²) in [5.41, 5.74) is -0.238. The van der Waals surface area contributed by atoms with E-state index < -0.39 is 17.5 Å². The maximum absolute atomic E-state index is 12.9. The van der Waals surface area contributed by atoms with Crippen LogP contribution in [0.3, 0.4) is 0 Å². The molecule has 27 heavy (non-hydrogen) atoms. The number of methoxy groups -OCH3 is 2. The molecule has 150 valence electrons. The van der Waals surface area contributed by atoms with Crippen molar-refractivity contribution in [2.75, 3.05) is 14.2 Å². The van der Waals surface area contributed by atoms with Gasteiger partial charge in [0.05, 0.1) is 19.9 Å². The number of carbonyl (C=O) groups is 2. The Morgan fingerprint density at radius 1 is 1.22 bits per heavy atom. The van der Waals surface area contributed by atoms with Crippen LogP contribution >= 0.6 is 0 Å². The number of carbonyl (C=O) groups excluding carboxylic acids is 2. The second-order valence-electron chi connectivity index (χ2n) is 8.08. The van der Waals surface area contributed by atoms with Crippen LogP contribution in [-0.4, -0.2) is 41.7 Å². The van der Waals surface area contributed by atoms with Gasteiger partial charge in [-0.2, -0.15) is 0 Å². The molecule has 1 atom stereocenters. The van der Waals surface area contributed by atoms with E-state index in [1.54, 1.807) is 18.1 Å². The van der Waals surface area contributed by atoms with Crippen LogP contribution in [-0.2, 0) is 19.1 Å². The van der Waals surface area contributed by atoms with E-state index >= 15 is 0 Å². The first-order valence-corrected chi connectivity index (χ1v) is 10.0. The highest BCUT2D eigenvalue weighted by Gasteiger charge is 2.52. The van der Waals surface area contributed by atoms with E-state index in [9.17, 15) is 14.7 Å².